The van der Waals surface area contributed by atoms with Crippen molar-refractivity contribution in [2.75, 3.05) is 0 Å². The van der Waals surface area contributed by atoms with E-state index in [0.29, 0.717) is 36.1 Å². The molecule has 1 aliphatic heterocycles. The topological polar surface area (TPSA) is 72.8 Å². The highest BCUT2D eigenvalue weighted by Crippen LogP contribution is 2.23. The molecule has 3 rings (SSSR count). The number of hydrogen-bond donors (Lipinski definition) is 1. The number of oxime groups is 1. The zero-order valence-electron chi connectivity index (χ0n) is 15.5. The Morgan fingerprint density at radius 3 is 2.93 bits per heavy atom. The Hall–Kier alpha value is -2.83. The molecule has 0 fully saturated rings. The fourth-order valence-corrected chi connectivity index (χ4v) is 2.80. The molecule has 0 aliphatic carbocycles. The molecule has 1 aliphatic rings. The smallest absolute Gasteiger partial charge is 0.263 e. The molecule has 2 aromatic rings. The molecule has 1 aromatic carbocycles. The number of pyridine rings is 1. The van der Waals surface area contributed by atoms with Crippen molar-refractivity contribution in [2.24, 2.45) is 11.1 Å². The summed E-state index contributed by atoms with van der Waals surface area (Å²) in [6, 6.07) is 12.9. The van der Waals surface area contributed by atoms with Gasteiger partial charge in [-0.25, -0.2) is 4.98 Å². The molecular formula is C20H22BN3O3. The first-order chi connectivity index (χ1) is 13.0. The van der Waals surface area contributed by atoms with Gasteiger partial charge in [0.25, 0.3) is 5.91 Å². The van der Waals surface area contributed by atoms with Gasteiger partial charge in [0.2, 0.25) is 12.0 Å². The molecule has 2 radical (unpaired) electrons. The number of benzene rings is 1. The molecule has 138 valence electrons. The Morgan fingerprint density at radius 1 is 1.33 bits per heavy atom. The van der Waals surface area contributed by atoms with Crippen LogP contribution in [0.2, 0.25) is 0 Å². The van der Waals surface area contributed by atoms with E-state index in [1.54, 1.807) is 12.3 Å². The van der Waals surface area contributed by atoms with Crippen LogP contribution in [0.3, 0.4) is 0 Å². The summed E-state index contributed by atoms with van der Waals surface area (Å²) in [5.74, 6) is 0.915. The second kappa shape index (κ2) is 8.71. The predicted molar refractivity (Wildman–Crippen MR) is 104 cm³/mol. The zero-order chi connectivity index (χ0) is 19.2. The van der Waals surface area contributed by atoms with Gasteiger partial charge in [0, 0.05) is 24.2 Å². The quantitative estimate of drug-likeness (QED) is 0.768. The van der Waals surface area contributed by atoms with E-state index in [0.717, 1.165) is 5.56 Å². The molecule has 1 unspecified atom stereocenters. The number of amides is 1. The van der Waals surface area contributed by atoms with Crippen LogP contribution in [-0.4, -0.2) is 36.5 Å². The second-order valence-electron chi connectivity index (χ2n) is 6.88. The highest BCUT2D eigenvalue weighted by molar-refractivity contribution is 6.13. The number of carbonyl (C=O) groups is 1. The molecule has 27 heavy (non-hydrogen) atoms. The van der Waals surface area contributed by atoms with E-state index in [2.05, 4.69) is 29.3 Å². The van der Waals surface area contributed by atoms with Crippen LogP contribution in [0.25, 0.3) is 0 Å². The zero-order valence-corrected chi connectivity index (χ0v) is 15.5. The first kappa shape index (κ1) is 19.0. The van der Waals surface area contributed by atoms with Crippen molar-refractivity contribution in [3.05, 3.63) is 54.2 Å². The summed E-state index contributed by atoms with van der Waals surface area (Å²) >= 11 is 0. The summed E-state index contributed by atoms with van der Waals surface area (Å²) in [6.45, 7) is 4.11. The van der Waals surface area contributed by atoms with Gasteiger partial charge < -0.3 is 14.9 Å². The fourth-order valence-electron chi connectivity index (χ4n) is 2.80. The van der Waals surface area contributed by atoms with Gasteiger partial charge in [-0.2, -0.15) is 0 Å². The summed E-state index contributed by atoms with van der Waals surface area (Å²) in [4.78, 5) is 21.8. The van der Waals surface area contributed by atoms with Gasteiger partial charge in [-0.3, -0.25) is 4.79 Å². The molecule has 1 aromatic heterocycles. The Morgan fingerprint density at radius 2 is 2.19 bits per heavy atom. The Kier molecular flexibility index (Phi) is 6.11. The fraction of sp³-hybridized carbons (Fsp3) is 0.350. The first-order valence-electron chi connectivity index (χ1n) is 8.99. The van der Waals surface area contributed by atoms with Crippen LogP contribution >= 0.6 is 0 Å². The molecule has 2 heterocycles. The molecule has 1 N–H and O–H groups in total. The minimum absolute atomic E-state index is 0.247. The highest BCUT2D eigenvalue weighted by atomic mass is 16.6. The third-order valence-corrected chi connectivity index (χ3v) is 4.04. The number of nitrogens with one attached hydrogen (secondary N) is 1. The van der Waals surface area contributed by atoms with E-state index >= 15 is 0 Å². The minimum atomic E-state index is -0.668. The van der Waals surface area contributed by atoms with Crippen LogP contribution in [0.1, 0.15) is 32.3 Å². The van der Waals surface area contributed by atoms with Gasteiger partial charge in [-0.05, 0) is 36.5 Å². The van der Waals surface area contributed by atoms with Crippen LogP contribution < -0.4 is 10.1 Å². The van der Waals surface area contributed by atoms with E-state index in [1.807, 2.05) is 36.4 Å². The van der Waals surface area contributed by atoms with E-state index in [1.165, 1.54) is 0 Å². The van der Waals surface area contributed by atoms with Crippen LogP contribution in [0.5, 0.6) is 11.6 Å². The molecule has 6 nitrogen and oxygen atoms in total. The number of aromatic nitrogens is 1. The van der Waals surface area contributed by atoms with E-state index < -0.39 is 6.10 Å². The van der Waals surface area contributed by atoms with Crippen molar-refractivity contribution in [3.63, 3.8) is 0 Å². The minimum Gasteiger partial charge on any atom is -0.439 e. The Labute approximate surface area is 160 Å². The number of ether oxygens (including phenoxy) is 1. The van der Waals surface area contributed by atoms with E-state index in [9.17, 15) is 4.79 Å². The van der Waals surface area contributed by atoms with Gasteiger partial charge in [0.1, 0.15) is 5.75 Å². The van der Waals surface area contributed by atoms with Gasteiger partial charge >= 0.3 is 0 Å². The van der Waals surface area contributed by atoms with Crippen molar-refractivity contribution < 1.29 is 14.4 Å². The summed E-state index contributed by atoms with van der Waals surface area (Å²) in [5.41, 5.74) is 1.53. The van der Waals surface area contributed by atoms with Gasteiger partial charge in [-0.1, -0.05) is 37.2 Å². The van der Waals surface area contributed by atoms with Crippen molar-refractivity contribution in [1.82, 2.24) is 10.3 Å². The molecule has 0 spiro atoms. The third kappa shape index (κ3) is 5.32. The number of nitrogens with zero attached hydrogens (tertiary/aromatic N) is 2. The average molecular weight is 363 g/mol. The lowest BCUT2D eigenvalue weighted by atomic mass is 9.88. The molecule has 0 saturated heterocycles. The van der Waals surface area contributed by atoms with Crippen molar-refractivity contribution >= 4 is 19.5 Å². The normalized spacial score (nSPS) is 17.1. The van der Waals surface area contributed by atoms with Crippen LogP contribution in [-0.2, 0) is 9.63 Å². The predicted octanol–water partition coefficient (Wildman–Crippen LogP) is 3.02. The van der Waals surface area contributed by atoms with Crippen LogP contribution in [0, 0.1) is 5.92 Å². The van der Waals surface area contributed by atoms with Crippen molar-refractivity contribution in [3.8, 4) is 11.6 Å². The maximum atomic E-state index is 12.3. The SMILES string of the molecule is [B][C@H](CC(C)C)NC(=O)C1CC(c2cccc(Oc3ccccn3)c2)=NO1. The lowest BCUT2D eigenvalue weighted by Gasteiger charge is -2.18. The highest BCUT2D eigenvalue weighted by Gasteiger charge is 2.29. The van der Waals surface area contributed by atoms with Gasteiger partial charge in [0.05, 0.1) is 13.6 Å². The van der Waals surface area contributed by atoms with Crippen LogP contribution in [0.15, 0.2) is 53.8 Å². The molecule has 2 atom stereocenters. The lowest BCUT2D eigenvalue weighted by Crippen LogP contribution is -2.42. The molecule has 1 amide bonds. The lowest BCUT2D eigenvalue weighted by molar-refractivity contribution is -0.131. The summed E-state index contributed by atoms with van der Waals surface area (Å²) < 4.78 is 5.74. The van der Waals surface area contributed by atoms with E-state index in [4.69, 9.17) is 17.4 Å². The maximum absolute atomic E-state index is 12.3. The summed E-state index contributed by atoms with van der Waals surface area (Å²) in [7, 11) is 5.93. The monoisotopic (exact) mass is 363 g/mol. The Bertz CT molecular complexity index is 811. The average Bonchev–Trinajstić information content (AvgIpc) is 3.12. The largest absolute Gasteiger partial charge is 0.439 e. The van der Waals surface area contributed by atoms with E-state index in [-0.39, 0.29) is 11.8 Å². The number of rotatable bonds is 7. The van der Waals surface area contributed by atoms with Crippen LogP contribution in [0.4, 0.5) is 0 Å². The summed E-state index contributed by atoms with van der Waals surface area (Å²) in [6.07, 6.45) is 2.09. The molecular weight excluding hydrogens is 341 g/mol. The van der Waals surface area contributed by atoms with Gasteiger partial charge in [-0.15, -0.1) is 0 Å². The number of carbonyl (C=O) groups excluding carboxylic acids is 1. The summed E-state index contributed by atoms with van der Waals surface area (Å²) in [5, 5.41) is 6.85. The molecule has 0 bridgehead atoms. The molecule has 7 heteroatoms. The second-order valence-corrected chi connectivity index (χ2v) is 6.88. The van der Waals surface area contributed by atoms with Crippen molar-refractivity contribution in [2.45, 2.75) is 38.7 Å². The van der Waals surface area contributed by atoms with Gasteiger partial charge in [0.15, 0.2) is 0 Å². The first-order valence-corrected chi connectivity index (χ1v) is 8.99. The number of hydrogen-bond acceptors (Lipinski definition) is 5. The third-order valence-electron chi connectivity index (χ3n) is 4.04. The Balaban J connectivity index is 1.60. The van der Waals surface area contributed by atoms with Crippen molar-refractivity contribution in [1.29, 1.82) is 0 Å². The maximum Gasteiger partial charge on any atom is 0.263 e. The molecule has 0 saturated carbocycles. The standard InChI is InChI=1S/C20H22BN3O3/c1-13(2)10-18(21)23-20(25)17-12-16(24-27-17)14-6-5-7-15(11-14)26-19-8-3-4-9-22-19/h3-9,11,13,17-18H,10,12H2,1-2H3,(H,23,25)/t17?,18-/m0/s1.